The van der Waals surface area contributed by atoms with Gasteiger partial charge >= 0.3 is 0 Å². The SMILES string of the molecule is C=C/C=C\c1sc(/C(B/C(C=C)=C/c2c(C=C)c3ccccc3c3ccccc23)=C\C=C)c(C=C)c1C. The van der Waals surface area contributed by atoms with E-state index in [1.165, 1.54) is 42.3 Å². The van der Waals surface area contributed by atoms with Gasteiger partial charge in [0.05, 0.1) is 0 Å². The number of hydrogen-bond acceptors (Lipinski definition) is 1. The van der Waals surface area contributed by atoms with Gasteiger partial charge in [-0.25, -0.2) is 0 Å². The molecule has 0 radical (unpaired) electrons. The third kappa shape index (κ3) is 5.07. The highest BCUT2D eigenvalue weighted by Crippen LogP contribution is 2.37. The summed E-state index contributed by atoms with van der Waals surface area (Å²) in [7, 11) is 0.721. The van der Waals surface area contributed by atoms with Crippen molar-refractivity contribution in [3.8, 4) is 0 Å². The Hall–Kier alpha value is -4.14. The molecule has 0 spiro atoms. The predicted octanol–water partition coefficient (Wildman–Crippen LogP) is 10.0. The van der Waals surface area contributed by atoms with E-state index < -0.39 is 0 Å². The van der Waals surface area contributed by atoms with Crippen LogP contribution in [0.5, 0.6) is 0 Å². The Bertz CT molecular complexity index is 1640. The van der Waals surface area contributed by atoms with E-state index in [0.717, 1.165) is 29.4 Å². The number of hydrogen-bond donors (Lipinski definition) is 0. The minimum absolute atomic E-state index is 0.721. The van der Waals surface area contributed by atoms with E-state index in [9.17, 15) is 0 Å². The van der Waals surface area contributed by atoms with Crippen LogP contribution >= 0.6 is 11.3 Å². The highest BCUT2D eigenvalue weighted by molar-refractivity contribution is 7.15. The minimum Gasteiger partial charge on any atom is -0.136 e. The van der Waals surface area contributed by atoms with E-state index >= 15 is 0 Å². The maximum atomic E-state index is 4.18. The van der Waals surface area contributed by atoms with Crippen molar-refractivity contribution in [2.24, 2.45) is 0 Å². The zero-order chi connectivity index (χ0) is 26.4. The van der Waals surface area contributed by atoms with Gasteiger partial charge in [-0.1, -0.05) is 141 Å². The van der Waals surface area contributed by atoms with Gasteiger partial charge in [0, 0.05) is 9.75 Å². The second-order valence-corrected chi connectivity index (χ2v) is 9.84. The van der Waals surface area contributed by atoms with Crippen LogP contribution in [0.1, 0.15) is 32.0 Å². The average molecular weight is 495 g/mol. The van der Waals surface area contributed by atoms with Gasteiger partial charge in [-0.15, -0.1) is 11.3 Å². The van der Waals surface area contributed by atoms with Crippen LogP contribution in [0.3, 0.4) is 0 Å². The van der Waals surface area contributed by atoms with E-state index in [1.54, 1.807) is 17.4 Å². The van der Waals surface area contributed by atoms with Crippen LogP contribution in [-0.4, -0.2) is 7.28 Å². The largest absolute Gasteiger partial charge is 0.194 e. The van der Waals surface area contributed by atoms with E-state index in [-0.39, 0.29) is 0 Å². The summed E-state index contributed by atoms with van der Waals surface area (Å²) in [4.78, 5) is 2.41. The summed E-state index contributed by atoms with van der Waals surface area (Å²) in [6.07, 6.45) is 18.0. The maximum Gasteiger partial charge on any atom is 0.194 e. The fourth-order valence-corrected chi connectivity index (χ4v) is 6.11. The van der Waals surface area contributed by atoms with Crippen molar-refractivity contribution < 1.29 is 0 Å². The van der Waals surface area contributed by atoms with E-state index in [4.69, 9.17) is 0 Å². The monoisotopic (exact) mass is 494 g/mol. The molecule has 0 fully saturated rings. The molecule has 0 saturated heterocycles. The molecule has 0 bridgehead atoms. The molecule has 37 heavy (non-hydrogen) atoms. The van der Waals surface area contributed by atoms with Gasteiger partial charge in [-0.2, -0.15) is 0 Å². The Morgan fingerprint density at radius 3 is 1.89 bits per heavy atom. The molecule has 0 atom stereocenters. The lowest BCUT2D eigenvalue weighted by Gasteiger charge is -2.14. The molecule has 180 valence electrons. The highest BCUT2D eigenvalue weighted by Gasteiger charge is 2.17. The zero-order valence-electron chi connectivity index (χ0n) is 21.5. The van der Waals surface area contributed by atoms with Crippen molar-refractivity contribution >= 4 is 69.9 Å². The lowest BCUT2D eigenvalue weighted by Crippen LogP contribution is -2.00. The van der Waals surface area contributed by atoms with Gasteiger partial charge in [-0.05, 0) is 56.8 Å². The number of benzene rings is 3. The molecule has 0 aliphatic rings. The summed E-state index contributed by atoms with van der Waals surface area (Å²) in [6, 6.07) is 17.1. The summed E-state index contributed by atoms with van der Waals surface area (Å²) in [5.74, 6) is 0. The van der Waals surface area contributed by atoms with Crippen LogP contribution in [0.2, 0.25) is 0 Å². The zero-order valence-corrected chi connectivity index (χ0v) is 22.3. The van der Waals surface area contributed by atoms with Crippen molar-refractivity contribution in [3.63, 3.8) is 0 Å². The molecule has 0 N–H and O–H groups in total. The summed E-state index contributed by atoms with van der Waals surface area (Å²) in [6.45, 7) is 22.4. The third-order valence-corrected chi connectivity index (χ3v) is 7.98. The number of rotatable bonds is 10. The molecule has 0 nitrogen and oxygen atoms in total. The van der Waals surface area contributed by atoms with Crippen molar-refractivity contribution in [2.75, 3.05) is 0 Å². The van der Waals surface area contributed by atoms with Gasteiger partial charge in [0.25, 0.3) is 0 Å². The highest BCUT2D eigenvalue weighted by atomic mass is 32.1. The van der Waals surface area contributed by atoms with Crippen LogP contribution in [0.4, 0.5) is 0 Å². The van der Waals surface area contributed by atoms with E-state index in [1.807, 2.05) is 30.4 Å². The first-order valence-electron chi connectivity index (χ1n) is 12.3. The Kier molecular flexibility index (Phi) is 8.23. The van der Waals surface area contributed by atoms with Crippen LogP contribution in [-0.2, 0) is 0 Å². The lowest BCUT2D eigenvalue weighted by atomic mass is 9.60. The summed E-state index contributed by atoms with van der Waals surface area (Å²) in [5.41, 5.74) is 7.00. The molecule has 1 aromatic heterocycles. The van der Waals surface area contributed by atoms with Gasteiger partial charge in [0.15, 0.2) is 7.28 Å². The van der Waals surface area contributed by atoms with Crippen LogP contribution in [0.15, 0.2) is 117 Å². The predicted molar refractivity (Wildman–Crippen MR) is 173 cm³/mol. The fraction of sp³-hybridized carbons (Fsp3) is 0.0286. The van der Waals surface area contributed by atoms with Crippen molar-refractivity contribution in [2.45, 2.75) is 6.92 Å². The summed E-state index contributed by atoms with van der Waals surface area (Å²) < 4.78 is 0. The summed E-state index contributed by atoms with van der Waals surface area (Å²) >= 11 is 1.77. The Balaban J connectivity index is 1.90. The normalized spacial score (nSPS) is 12.1. The Morgan fingerprint density at radius 1 is 0.757 bits per heavy atom. The first kappa shape index (κ1) is 25.9. The third-order valence-electron chi connectivity index (χ3n) is 6.63. The number of fused-ring (bicyclic) bond motifs is 3. The molecular formula is C35H31BS. The van der Waals surface area contributed by atoms with Crippen LogP contribution < -0.4 is 0 Å². The Labute approximate surface area is 225 Å². The molecule has 0 aliphatic carbocycles. The molecular weight excluding hydrogens is 463 g/mol. The topological polar surface area (TPSA) is 0 Å². The molecule has 4 rings (SSSR count). The number of allylic oxidation sites excluding steroid dienone is 6. The molecule has 0 unspecified atom stereocenters. The standard InChI is InChI=1S/C35H31BS/c1-7-12-22-34-24(6)26(10-4)35(37-34)33(17-8-2)36-25(9-3)23-32-27(11-5)28-18-13-14-19-29(28)30-20-15-16-21-31(30)32/h7-23,36H,1-5H2,6H3/b22-12-,25-23+,33-17+. The van der Waals surface area contributed by atoms with E-state index in [0.29, 0.717) is 0 Å². The van der Waals surface area contributed by atoms with Gasteiger partial charge in [0.1, 0.15) is 0 Å². The van der Waals surface area contributed by atoms with Crippen LogP contribution in [0.25, 0.3) is 51.3 Å². The lowest BCUT2D eigenvalue weighted by molar-refractivity contribution is 1.50. The average Bonchev–Trinajstić information content (AvgIpc) is 3.25. The van der Waals surface area contributed by atoms with E-state index in [2.05, 4.69) is 107 Å². The molecule has 3 aromatic carbocycles. The molecule has 0 aliphatic heterocycles. The molecule has 2 heteroatoms. The summed E-state index contributed by atoms with van der Waals surface area (Å²) in [5, 5.41) is 4.89. The van der Waals surface area contributed by atoms with Crippen molar-refractivity contribution in [3.05, 3.63) is 149 Å². The Morgan fingerprint density at radius 2 is 1.35 bits per heavy atom. The maximum absolute atomic E-state index is 4.18. The molecule has 0 amide bonds. The minimum atomic E-state index is 0.721. The van der Waals surface area contributed by atoms with Crippen LogP contribution in [0, 0.1) is 6.92 Å². The first-order chi connectivity index (χ1) is 18.1. The fourth-order valence-electron chi connectivity index (χ4n) is 4.86. The number of thiophene rings is 1. The second-order valence-electron chi connectivity index (χ2n) is 8.78. The first-order valence-corrected chi connectivity index (χ1v) is 13.1. The van der Waals surface area contributed by atoms with Crippen molar-refractivity contribution in [1.82, 2.24) is 0 Å². The van der Waals surface area contributed by atoms with Gasteiger partial charge in [-0.3, -0.25) is 0 Å². The molecule has 0 saturated carbocycles. The van der Waals surface area contributed by atoms with Crippen molar-refractivity contribution in [1.29, 1.82) is 0 Å². The quantitative estimate of drug-likeness (QED) is 0.117. The van der Waals surface area contributed by atoms with Gasteiger partial charge < -0.3 is 0 Å². The molecule has 1 heterocycles. The molecule has 4 aromatic rings. The van der Waals surface area contributed by atoms with Gasteiger partial charge in [0.2, 0.25) is 0 Å². The second kappa shape index (κ2) is 11.7. The smallest absolute Gasteiger partial charge is 0.136 e.